The van der Waals surface area contributed by atoms with Gasteiger partial charge in [0.1, 0.15) is 5.75 Å². The zero-order valence-corrected chi connectivity index (χ0v) is 12.7. The van der Waals surface area contributed by atoms with Gasteiger partial charge in [-0.3, -0.25) is 4.79 Å². The van der Waals surface area contributed by atoms with E-state index in [-0.39, 0.29) is 5.78 Å². The van der Waals surface area contributed by atoms with Gasteiger partial charge in [0.2, 0.25) is 0 Å². The zero-order chi connectivity index (χ0) is 14.8. The molecule has 1 aliphatic rings. The Bertz CT molecular complexity index is 684. The second kappa shape index (κ2) is 5.82. The van der Waals surface area contributed by atoms with Gasteiger partial charge in [-0.25, -0.2) is 0 Å². The molecule has 21 heavy (non-hydrogen) atoms. The number of ether oxygens (including phenoxy) is 1. The quantitative estimate of drug-likeness (QED) is 0.690. The van der Waals surface area contributed by atoms with Crippen molar-refractivity contribution in [2.45, 2.75) is 17.7 Å². The first-order valence-electron chi connectivity index (χ1n) is 6.90. The molecule has 0 aromatic heterocycles. The van der Waals surface area contributed by atoms with Crippen molar-refractivity contribution in [1.29, 1.82) is 0 Å². The van der Waals surface area contributed by atoms with Gasteiger partial charge in [0.25, 0.3) is 0 Å². The van der Waals surface area contributed by atoms with Gasteiger partial charge in [0.15, 0.2) is 5.78 Å². The third-order valence-corrected chi connectivity index (χ3v) is 4.87. The highest BCUT2D eigenvalue weighted by atomic mass is 32.2. The summed E-state index contributed by atoms with van der Waals surface area (Å²) in [5.74, 6) is 1.97. The third kappa shape index (κ3) is 2.90. The monoisotopic (exact) mass is 299 g/mol. The number of fused-ring (bicyclic) bond motifs is 1. The first kappa shape index (κ1) is 14.0. The molecular weight excluding hydrogens is 282 g/mol. The smallest absolute Gasteiger partial charge is 0.163 e. The highest BCUT2D eigenvalue weighted by Gasteiger charge is 2.23. The third-order valence-electron chi connectivity index (χ3n) is 3.62. The Labute approximate surface area is 128 Å². The molecule has 0 saturated carbocycles. The summed E-state index contributed by atoms with van der Waals surface area (Å²) < 4.78 is 5.90. The summed E-state index contributed by atoms with van der Waals surface area (Å²) in [6.45, 7) is 2.11. The van der Waals surface area contributed by atoms with Crippen molar-refractivity contribution >= 4 is 23.2 Å². The predicted molar refractivity (Wildman–Crippen MR) is 86.3 cm³/mol. The fraction of sp³-hybridized carbons (Fsp3) is 0.235. The van der Waals surface area contributed by atoms with Crippen LogP contribution in [0.25, 0.3) is 0 Å². The van der Waals surface area contributed by atoms with Crippen LogP contribution in [0.15, 0.2) is 47.4 Å². The van der Waals surface area contributed by atoms with Crippen LogP contribution in [0.3, 0.4) is 0 Å². The maximum absolute atomic E-state index is 11.7. The molecule has 3 nitrogen and oxygen atoms in total. The van der Waals surface area contributed by atoms with Gasteiger partial charge in [0.05, 0.1) is 12.2 Å². The van der Waals surface area contributed by atoms with Crippen LogP contribution in [-0.4, -0.2) is 18.1 Å². The first-order chi connectivity index (χ1) is 10.1. The highest BCUT2D eigenvalue weighted by molar-refractivity contribution is 7.99. The van der Waals surface area contributed by atoms with Gasteiger partial charge in [-0.15, -0.1) is 11.8 Å². The molecule has 1 unspecified atom stereocenters. The van der Waals surface area contributed by atoms with Gasteiger partial charge in [-0.1, -0.05) is 18.2 Å². The molecule has 0 aliphatic carbocycles. The molecule has 0 amide bonds. The van der Waals surface area contributed by atoms with E-state index in [2.05, 4.69) is 24.3 Å². The Morgan fingerprint density at radius 3 is 2.95 bits per heavy atom. The lowest BCUT2D eigenvalue weighted by molar-refractivity contribution is 0.101. The summed E-state index contributed by atoms with van der Waals surface area (Å²) in [5, 5.41) is 0. The lowest BCUT2D eigenvalue weighted by atomic mass is 10.0. The normalized spacial score (nSPS) is 16.5. The Morgan fingerprint density at radius 1 is 1.33 bits per heavy atom. The predicted octanol–water partition coefficient (Wildman–Crippen LogP) is 3.74. The molecule has 0 fully saturated rings. The van der Waals surface area contributed by atoms with Crippen LogP contribution in [0, 0.1) is 0 Å². The fourth-order valence-electron chi connectivity index (χ4n) is 2.51. The number of thioether (sulfide) groups is 1. The van der Waals surface area contributed by atoms with Crippen molar-refractivity contribution in [3.63, 3.8) is 0 Å². The zero-order valence-electron chi connectivity index (χ0n) is 11.8. The van der Waals surface area contributed by atoms with Gasteiger partial charge in [-0.05, 0) is 36.8 Å². The van der Waals surface area contributed by atoms with Crippen molar-refractivity contribution in [2.24, 2.45) is 0 Å². The van der Waals surface area contributed by atoms with E-state index in [1.165, 1.54) is 17.4 Å². The van der Waals surface area contributed by atoms with Crippen molar-refractivity contribution in [3.8, 4) is 5.75 Å². The van der Waals surface area contributed by atoms with E-state index in [1.54, 1.807) is 18.2 Å². The van der Waals surface area contributed by atoms with Crippen molar-refractivity contribution in [3.05, 3.63) is 53.6 Å². The number of carbonyl (C=O) groups is 1. The van der Waals surface area contributed by atoms with Crippen molar-refractivity contribution < 1.29 is 9.53 Å². The number of carbonyl (C=O) groups excluding carboxylic acids is 1. The number of nitrogen functional groups attached to an aromatic ring is 1. The number of hydrogen-bond acceptors (Lipinski definition) is 4. The van der Waals surface area contributed by atoms with E-state index >= 15 is 0 Å². The second-order valence-corrected chi connectivity index (χ2v) is 6.23. The van der Waals surface area contributed by atoms with Gasteiger partial charge < -0.3 is 10.5 Å². The molecule has 0 spiro atoms. The lowest BCUT2D eigenvalue weighted by Gasteiger charge is -2.15. The molecule has 2 aromatic rings. The van der Waals surface area contributed by atoms with Crippen LogP contribution in [0.5, 0.6) is 5.75 Å². The van der Waals surface area contributed by atoms with E-state index < -0.39 is 0 Å². The van der Waals surface area contributed by atoms with Crippen molar-refractivity contribution in [1.82, 2.24) is 0 Å². The Hall–Kier alpha value is -1.94. The molecule has 4 heteroatoms. The van der Waals surface area contributed by atoms with Crippen LogP contribution in [0.1, 0.15) is 28.8 Å². The van der Waals surface area contributed by atoms with Gasteiger partial charge in [0, 0.05) is 22.3 Å². The Morgan fingerprint density at radius 2 is 2.14 bits per heavy atom. The Kier molecular flexibility index (Phi) is 3.88. The van der Waals surface area contributed by atoms with Crippen LogP contribution in [0.4, 0.5) is 5.69 Å². The van der Waals surface area contributed by atoms with Crippen LogP contribution in [-0.2, 0) is 0 Å². The summed E-state index contributed by atoms with van der Waals surface area (Å²) in [6, 6.07) is 13.6. The number of ketones is 1. The topological polar surface area (TPSA) is 52.3 Å². The Balaban J connectivity index is 1.76. The molecule has 0 bridgehead atoms. The number of rotatable bonds is 4. The lowest BCUT2D eigenvalue weighted by Crippen LogP contribution is -2.11. The van der Waals surface area contributed by atoms with E-state index in [0.717, 1.165) is 5.75 Å². The van der Waals surface area contributed by atoms with Gasteiger partial charge >= 0.3 is 0 Å². The number of hydrogen-bond donors (Lipinski definition) is 1. The molecule has 2 N–H and O–H groups in total. The number of nitrogens with two attached hydrogens (primary N) is 1. The molecule has 1 atom stereocenters. The highest BCUT2D eigenvalue weighted by Crippen LogP contribution is 2.39. The molecule has 1 aliphatic heterocycles. The van der Waals surface area contributed by atoms with Crippen LogP contribution in [0.2, 0.25) is 0 Å². The average molecular weight is 299 g/mol. The molecule has 3 rings (SSSR count). The molecular formula is C17H17NO2S. The van der Waals surface area contributed by atoms with E-state index in [1.807, 2.05) is 11.8 Å². The minimum absolute atomic E-state index is 0.0292. The molecule has 2 aromatic carbocycles. The average Bonchev–Trinajstić information content (AvgIpc) is 2.89. The molecule has 0 radical (unpaired) electrons. The summed E-state index contributed by atoms with van der Waals surface area (Å²) in [5.41, 5.74) is 8.20. The maximum atomic E-state index is 11.7. The summed E-state index contributed by atoms with van der Waals surface area (Å²) >= 11 is 1.86. The SMILES string of the molecule is CC(=O)c1cc(N)ccc1OCC1CSc2ccccc21. The van der Waals surface area contributed by atoms with E-state index in [4.69, 9.17) is 10.5 Å². The number of Topliss-reactive ketones (excluding diaryl/α,β-unsaturated/α-hetero) is 1. The standard InChI is InChI=1S/C17H17NO2S/c1-11(19)15-8-13(18)6-7-16(15)20-9-12-10-21-17-5-3-2-4-14(12)17/h2-8,12H,9-10,18H2,1H3. The fourth-order valence-corrected chi connectivity index (χ4v) is 3.74. The molecule has 108 valence electrons. The first-order valence-corrected chi connectivity index (χ1v) is 7.88. The second-order valence-electron chi connectivity index (χ2n) is 5.17. The largest absolute Gasteiger partial charge is 0.492 e. The van der Waals surface area contributed by atoms with Crippen LogP contribution < -0.4 is 10.5 Å². The van der Waals surface area contributed by atoms with Crippen molar-refractivity contribution in [2.75, 3.05) is 18.1 Å². The number of benzene rings is 2. The van der Waals surface area contributed by atoms with Crippen LogP contribution >= 0.6 is 11.8 Å². The molecule has 0 saturated heterocycles. The number of anilines is 1. The van der Waals surface area contributed by atoms with Gasteiger partial charge in [-0.2, -0.15) is 0 Å². The summed E-state index contributed by atoms with van der Waals surface area (Å²) in [7, 11) is 0. The van der Waals surface area contributed by atoms with E-state index in [9.17, 15) is 4.79 Å². The minimum atomic E-state index is -0.0292. The molecule has 1 heterocycles. The summed E-state index contributed by atoms with van der Waals surface area (Å²) in [4.78, 5) is 13.0. The minimum Gasteiger partial charge on any atom is -0.492 e. The van der Waals surface area contributed by atoms with E-state index in [0.29, 0.717) is 29.5 Å². The maximum Gasteiger partial charge on any atom is 0.163 e. The summed E-state index contributed by atoms with van der Waals surface area (Å²) in [6.07, 6.45) is 0.